The zero-order valence-electron chi connectivity index (χ0n) is 17.6. The number of nitrogen functional groups attached to an aromatic ring is 1. The number of unbranched alkanes of at least 4 members (excludes halogenated alkanes) is 1. The van der Waals surface area contributed by atoms with Crippen LogP contribution in [0.25, 0.3) is 10.9 Å². The van der Waals surface area contributed by atoms with Crippen LogP contribution >= 0.6 is 0 Å². The van der Waals surface area contributed by atoms with Gasteiger partial charge in [0.25, 0.3) is 5.91 Å². The van der Waals surface area contributed by atoms with Gasteiger partial charge in [-0.05, 0) is 25.5 Å². The molecule has 1 atom stereocenters. The number of rotatable bonds is 8. The number of nitrogens with one attached hydrogen (secondary N) is 2. The Morgan fingerprint density at radius 1 is 1.28 bits per heavy atom. The zero-order chi connectivity index (χ0) is 21.8. The van der Waals surface area contributed by atoms with Gasteiger partial charge in [0.1, 0.15) is 11.6 Å². The largest absolute Gasteiger partial charge is 0.368 e. The van der Waals surface area contributed by atoms with Crippen LogP contribution in [0.4, 0.5) is 16.2 Å². The minimum Gasteiger partial charge on any atom is -0.368 e. The monoisotopic (exact) mass is 404 g/mol. The van der Waals surface area contributed by atoms with Gasteiger partial charge >= 0.3 is 0 Å². The van der Waals surface area contributed by atoms with Gasteiger partial charge in [-0.3, -0.25) is 9.59 Å². The minimum atomic E-state index is -0.662. The molecule has 8 nitrogen and oxygen atoms in total. The van der Waals surface area contributed by atoms with Gasteiger partial charge in [-0.2, -0.15) is 4.98 Å². The molecule has 9 heteroatoms. The van der Waals surface area contributed by atoms with Crippen molar-refractivity contribution in [3.05, 3.63) is 23.5 Å². The topological polar surface area (TPSA) is 113 Å². The number of halogens is 1. The molecular formula is C20H29FN6O2. The van der Waals surface area contributed by atoms with E-state index in [1.165, 1.54) is 24.0 Å². The Morgan fingerprint density at radius 2 is 1.97 bits per heavy atom. The van der Waals surface area contributed by atoms with E-state index in [1.807, 2.05) is 6.92 Å². The molecule has 0 spiro atoms. The molecule has 0 saturated carbocycles. The van der Waals surface area contributed by atoms with Gasteiger partial charge in [-0.15, -0.1) is 0 Å². The minimum absolute atomic E-state index is 0.00669. The van der Waals surface area contributed by atoms with Gasteiger partial charge in [0.15, 0.2) is 0 Å². The van der Waals surface area contributed by atoms with Crippen LogP contribution in [0.3, 0.4) is 0 Å². The van der Waals surface area contributed by atoms with E-state index >= 15 is 0 Å². The highest BCUT2D eigenvalue weighted by atomic mass is 19.1. The first-order chi connectivity index (χ1) is 13.6. The van der Waals surface area contributed by atoms with Gasteiger partial charge in [0, 0.05) is 33.0 Å². The van der Waals surface area contributed by atoms with Crippen molar-refractivity contribution in [3.63, 3.8) is 0 Å². The van der Waals surface area contributed by atoms with Crippen LogP contribution in [0.15, 0.2) is 12.1 Å². The molecule has 158 valence electrons. The number of hydrogen-bond donors (Lipinski definition) is 3. The molecule has 0 saturated heterocycles. The predicted molar refractivity (Wildman–Crippen MR) is 112 cm³/mol. The highest BCUT2D eigenvalue weighted by Crippen LogP contribution is 2.28. The number of fused-ring (bicyclic) bond motifs is 1. The van der Waals surface area contributed by atoms with Crippen molar-refractivity contribution in [2.45, 2.75) is 45.6 Å². The summed E-state index contributed by atoms with van der Waals surface area (Å²) in [6.45, 7) is 5.86. The fourth-order valence-electron chi connectivity index (χ4n) is 3.03. The molecule has 1 aromatic heterocycles. The lowest BCUT2D eigenvalue weighted by Gasteiger charge is -2.32. The summed E-state index contributed by atoms with van der Waals surface area (Å²) in [5.41, 5.74) is 5.63. The van der Waals surface area contributed by atoms with Crippen LogP contribution in [-0.4, -0.2) is 52.9 Å². The Bertz CT molecular complexity index is 917. The van der Waals surface area contributed by atoms with Gasteiger partial charge in [0.05, 0.1) is 16.6 Å². The smallest absolute Gasteiger partial charge is 0.256 e. The number of amides is 2. The van der Waals surface area contributed by atoms with Crippen molar-refractivity contribution < 1.29 is 14.0 Å². The molecular weight excluding hydrogens is 375 g/mol. The van der Waals surface area contributed by atoms with E-state index in [4.69, 9.17) is 5.73 Å². The molecule has 2 aromatic rings. The van der Waals surface area contributed by atoms with Crippen LogP contribution in [-0.2, 0) is 4.79 Å². The summed E-state index contributed by atoms with van der Waals surface area (Å²) in [4.78, 5) is 33.4. The van der Waals surface area contributed by atoms with Crippen molar-refractivity contribution in [1.29, 1.82) is 0 Å². The van der Waals surface area contributed by atoms with Crippen molar-refractivity contribution >= 4 is 34.5 Å². The van der Waals surface area contributed by atoms with Crippen molar-refractivity contribution in [2.24, 2.45) is 0 Å². The second kappa shape index (κ2) is 9.02. The van der Waals surface area contributed by atoms with Crippen LogP contribution in [0, 0.1) is 5.82 Å². The van der Waals surface area contributed by atoms with Crippen LogP contribution in [0.2, 0.25) is 0 Å². The molecule has 2 amide bonds. The average molecular weight is 404 g/mol. The maximum Gasteiger partial charge on any atom is 0.256 e. The van der Waals surface area contributed by atoms with Gasteiger partial charge in [0.2, 0.25) is 11.9 Å². The summed E-state index contributed by atoms with van der Waals surface area (Å²) >= 11 is 0. The number of aromatic nitrogens is 2. The van der Waals surface area contributed by atoms with E-state index in [0.29, 0.717) is 23.3 Å². The third kappa shape index (κ3) is 5.52. The molecule has 0 radical (unpaired) electrons. The number of nitrogens with two attached hydrogens (primary N) is 1. The highest BCUT2D eigenvalue weighted by Gasteiger charge is 2.26. The Hall–Kier alpha value is -2.97. The van der Waals surface area contributed by atoms with E-state index in [0.717, 1.165) is 19.3 Å². The Kier molecular flexibility index (Phi) is 6.94. The first kappa shape index (κ1) is 22.3. The first-order valence-electron chi connectivity index (χ1n) is 9.57. The predicted octanol–water partition coefficient (Wildman–Crippen LogP) is 2.55. The highest BCUT2D eigenvalue weighted by molar-refractivity contribution is 6.00. The molecule has 29 heavy (non-hydrogen) atoms. The maximum atomic E-state index is 14.7. The van der Waals surface area contributed by atoms with Crippen LogP contribution in [0.1, 0.15) is 50.4 Å². The first-order valence-corrected chi connectivity index (χ1v) is 9.57. The van der Waals surface area contributed by atoms with Gasteiger partial charge in [-0.1, -0.05) is 19.8 Å². The standard InChI is InChI=1S/C20H29FN6O2/c1-6-7-8-20(3,11-23-12(2)28)26-17-14-9-15(21)13(18(29)27(4)5)10-16(14)24-19(22)25-17/h9-10H,6-8,11H2,1-5H3,(H,23,28)(H3,22,24,25,26)/t20-/m1/s1. The number of benzene rings is 1. The number of hydrogen-bond acceptors (Lipinski definition) is 6. The lowest BCUT2D eigenvalue weighted by atomic mass is 9.94. The van der Waals surface area contributed by atoms with E-state index in [2.05, 4.69) is 27.5 Å². The van der Waals surface area contributed by atoms with E-state index < -0.39 is 17.3 Å². The average Bonchev–Trinajstić information content (AvgIpc) is 2.64. The Labute approximate surface area is 170 Å². The lowest BCUT2D eigenvalue weighted by Crippen LogP contribution is -2.46. The molecule has 0 unspecified atom stereocenters. The molecule has 1 aromatic carbocycles. The molecule has 0 aliphatic rings. The molecule has 0 bridgehead atoms. The zero-order valence-corrected chi connectivity index (χ0v) is 17.6. The van der Waals surface area contributed by atoms with Crippen molar-refractivity contribution in [3.8, 4) is 0 Å². The van der Waals surface area contributed by atoms with E-state index in [-0.39, 0.29) is 17.4 Å². The molecule has 4 N–H and O–H groups in total. The van der Waals surface area contributed by atoms with Crippen molar-refractivity contribution in [2.75, 3.05) is 31.7 Å². The third-order valence-corrected chi connectivity index (χ3v) is 4.67. The number of nitrogens with zero attached hydrogens (tertiary/aromatic N) is 3. The van der Waals surface area contributed by atoms with Gasteiger partial charge in [-0.25, -0.2) is 9.37 Å². The van der Waals surface area contributed by atoms with Crippen LogP contribution in [0.5, 0.6) is 0 Å². The SMILES string of the molecule is CCCC[C@](C)(CNC(C)=O)Nc1nc(N)nc2cc(C(=O)N(C)C)c(F)cc12. The molecule has 0 aliphatic carbocycles. The summed E-state index contributed by atoms with van der Waals surface area (Å²) < 4.78 is 14.7. The number of carbonyl (C=O) groups excluding carboxylic acids is 2. The number of anilines is 2. The van der Waals surface area contributed by atoms with Crippen LogP contribution < -0.4 is 16.4 Å². The second-order valence-corrected chi connectivity index (χ2v) is 7.68. The summed E-state index contributed by atoms with van der Waals surface area (Å²) in [6, 6.07) is 2.62. The normalized spacial score (nSPS) is 13.0. The van der Waals surface area contributed by atoms with Gasteiger partial charge < -0.3 is 21.3 Å². The van der Waals surface area contributed by atoms with E-state index in [9.17, 15) is 14.0 Å². The summed E-state index contributed by atoms with van der Waals surface area (Å²) in [5, 5.41) is 6.56. The maximum absolute atomic E-state index is 14.7. The summed E-state index contributed by atoms with van der Waals surface area (Å²) in [6.07, 6.45) is 2.67. The van der Waals surface area contributed by atoms with Crippen molar-refractivity contribution in [1.82, 2.24) is 20.2 Å². The summed E-state index contributed by atoms with van der Waals surface area (Å²) in [5.74, 6) is -0.898. The fraction of sp³-hybridized carbons (Fsp3) is 0.500. The molecule has 0 aliphatic heterocycles. The van der Waals surface area contributed by atoms with E-state index in [1.54, 1.807) is 14.1 Å². The molecule has 2 rings (SSSR count). The quantitative estimate of drug-likeness (QED) is 0.623. The third-order valence-electron chi connectivity index (χ3n) is 4.67. The fourth-order valence-corrected chi connectivity index (χ4v) is 3.03. The summed E-state index contributed by atoms with van der Waals surface area (Å²) in [7, 11) is 3.10. The molecule has 1 heterocycles. The Morgan fingerprint density at radius 3 is 2.55 bits per heavy atom. The molecule has 0 fully saturated rings. The Balaban J connectivity index is 2.51. The lowest BCUT2D eigenvalue weighted by molar-refractivity contribution is -0.119. The second-order valence-electron chi connectivity index (χ2n) is 7.68. The number of carbonyl (C=O) groups is 2.